The molecule has 2 rings (SSSR count). The lowest BCUT2D eigenvalue weighted by atomic mass is 9.98. The molecule has 1 aromatic rings. The molecule has 1 aliphatic rings. The Balaban J connectivity index is 2.41. The van der Waals surface area contributed by atoms with Crippen LogP contribution in [0.25, 0.3) is 0 Å². The largest absolute Gasteiger partial charge is 0.360 e. The molecule has 0 aliphatic carbocycles. The Hall–Kier alpha value is -1.76. The molecule has 1 N–H and O–H groups in total. The number of hydrogen-bond acceptors (Lipinski definition) is 4. The lowest BCUT2D eigenvalue weighted by molar-refractivity contribution is -0.384. The van der Waals surface area contributed by atoms with Gasteiger partial charge in [0.05, 0.1) is 4.92 Å². The van der Waals surface area contributed by atoms with Gasteiger partial charge < -0.3 is 10.2 Å². The van der Waals surface area contributed by atoms with Crippen molar-refractivity contribution >= 4 is 11.4 Å². The van der Waals surface area contributed by atoms with E-state index in [0.717, 1.165) is 44.4 Å². The second kappa shape index (κ2) is 6.80. The second-order valence-corrected chi connectivity index (χ2v) is 5.22. The Kier molecular flexibility index (Phi) is 5.06. The molecule has 0 amide bonds. The van der Waals surface area contributed by atoms with Crippen LogP contribution in [0.1, 0.15) is 25.7 Å². The molecule has 21 heavy (non-hydrogen) atoms. The summed E-state index contributed by atoms with van der Waals surface area (Å²) in [6.07, 6.45) is 3.39. The van der Waals surface area contributed by atoms with Gasteiger partial charge in [0.1, 0.15) is 0 Å². The molecule has 116 valence electrons. The Labute approximate surface area is 122 Å². The standard InChI is InChI=1S/C14H19F2N3O2/c1-17-8-7-10-4-2-3-9-18(10)14-12(19(20)21)6-5-11(15)13(14)16/h5-6,10,17H,2-4,7-9H2,1H3. The van der Waals surface area contributed by atoms with E-state index in [2.05, 4.69) is 5.32 Å². The lowest BCUT2D eigenvalue weighted by Gasteiger charge is -2.37. The summed E-state index contributed by atoms with van der Waals surface area (Å²) < 4.78 is 27.7. The number of piperidine rings is 1. The van der Waals surface area contributed by atoms with Crippen LogP contribution in [0.2, 0.25) is 0 Å². The number of rotatable bonds is 5. The van der Waals surface area contributed by atoms with Crippen molar-refractivity contribution in [3.8, 4) is 0 Å². The zero-order chi connectivity index (χ0) is 15.4. The molecular weight excluding hydrogens is 280 g/mol. The number of nitrogens with zero attached hydrogens (tertiary/aromatic N) is 2. The van der Waals surface area contributed by atoms with Crippen molar-refractivity contribution in [2.24, 2.45) is 0 Å². The smallest absolute Gasteiger partial charge is 0.295 e. The molecule has 0 radical (unpaired) electrons. The summed E-state index contributed by atoms with van der Waals surface area (Å²) in [5.74, 6) is -2.17. The summed E-state index contributed by atoms with van der Waals surface area (Å²) >= 11 is 0. The van der Waals surface area contributed by atoms with Crippen molar-refractivity contribution in [3.05, 3.63) is 33.9 Å². The molecule has 5 nitrogen and oxygen atoms in total. The summed E-state index contributed by atoms with van der Waals surface area (Å²) in [6.45, 7) is 1.24. The van der Waals surface area contributed by atoms with Gasteiger partial charge in [-0.2, -0.15) is 0 Å². The minimum Gasteiger partial charge on any atom is -0.360 e. The fourth-order valence-electron chi connectivity index (χ4n) is 2.86. The average Bonchev–Trinajstić information content (AvgIpc) is 2.48. The summed E-state index contributed by atoms with van der Waals surface area (Å²) in [5, 5.41) is 14.1. The predicted octanol–water partition coefficient (Wildman–Crippen LogP) is 2.84. The highest BCUT2D eigenvalue weighted by Gasteiger charge is 2.32. The predicted molar refractivity (Wildman–Crippen MR) is 76.5 cm³/mol. The summed E-state index contributed by atoms with van der Waals surface area (Å²) in [5.41, 5.74) is -0.578. The van der Waals surface area contributed by atoms with Crippen molar-refractivity contribution in [3.63, 3.8) is 0 Å². The normalized spacial score (nSPS) is 18.8. The number of nitro groups is 1. The Morgan fingerprint density at radius 3 is 2.86 bits per heavy atom. The monoisotopic (exact) mass is 299 g/mol. The van der Waals surface area contributed by atoms with Gasteiger partial charge >= 0.3 is 0 Å². The molecule has 0 bridgehead atoms. The molecule has 1 heterocycles. The van der Waals surface area contributed by atoms with Crippen LogP contribution in [-0.2, 0) is 0 Å². The summed E-state index contributed by atoms with van der Waals surface area (Å²) in [6, 6.07) is 1.84. The number of benzene rings is 1. The molecule has 0 aromatic heterocycles. The van der Waals surface area contributed by atoms with Crippen LogP contribution in [0, 0.1) is 21.7 Å². The molecule has 7 heteroatoms. The van der Waals surface area contributed by atoms with E-state index in [-0.39, 0.29) is 17.4 Å². The van der Waals surface area contributed by atoms with Crippen molar-refractivity contribution in [2.45, 2.75) is 31.7 Å². The first kappa shape index (κ1) is 15.6. The summed E-state index contributed by atoms with van der Waals surface area (Å²) in [7, 11) is 1.82. The maximum Gasteiger partial charge on any atom is 0.295 e. The van der Waals surface area contributed by atoms with E-state index < -0.39 is 16.6 Å². The molecule has 1 saturated heterocycles. The first-order valence-corrected chi connectivity index (χ1v) is 7.10. The molecule has 0 saturated carbocycles. The minimum absolute atomic E-state index is 0.0128. The van der Waals surface area contributed by atoms with Gasteiger partial charge in [-0.25, -0.2) is 8.78 Å². The molecule has 1 aliphatic heterocycles. The zero-order valence-corrected chi connectivity index (χ0v) is 11.9. The van der Waals surface area contributed by atoms with Crippen molar-refractivity contribution in [1.29, 1.82) is 0 Å². The van der Waals surface area contributed by atoms with Gasteiger partial charge in [-0.1, -0.05) is 0 Å². The van der Waals surface area contributed by atoms with Crippen LogP contribution in [0.3, 0.4) is 0 Å². The third-order valence-electron chi connectivity index (χ3n) is 3.89. The Morgan fingerprint density at radius 1 is 1.43 bits per heavy atom. The van der Waals surface area contributed by atoms with Crippen LogP contribution >= 0.6 is 0 Å². The SMILES string of the molecule is CNCCC1CCCCN1c1c([N+](=O)[O-])ccc(F)c1F. The Morgan fingerprint density at radius 2 is 2.19 bits per heavy atom. The zero-order valence-electron chi connectivity index (χ0n) is 11.9. The molecule has 1 atom stereocenters. The van der Waals surface area contributed by atoms with Crippen LogP contribution in [-0.4, -0.2) is 31.1 Å². The third kappa shape index (κ3) is 3.29. The van der Waals surface area contributed by atoms with Crippen LogP contribution in [0.5, 0.6) is 0 Å². The molecule has 0 spiro atoms. The minimum atomic E-state index is -1.12. The fraction of sp³-hybridized carbons (Fsp3) is 0.571. The van der Waals surface area contributed by atoms with Gasteiger partial charge in [0.15, 0.2) is 17.3 Å². The van der Waals surface area contributed by atoms with Crippen molar-refractivity contribution in [1.82, 2.24) is 5.32 Å². The topological polar surface area (TPSA) is 58.4 Å². The number of anilines is 1. The second-order valence-electron chi connectivity index (χ2n) is 5.22. The quantitative estimate of drug-likeness (QED) is 0.671. The maximum absolute atomic E-state index is 14.2. The number of halogens is 2. The van der Waals surface area contributed by atoms with Gasteiger partial charge in [-0.15, -0.1) is 0 Å². The number of nitro benzene ring substituents is 1. The van der Waals surface area contributed by atoms with E-state index in [4.69, 9.17) is 0 Å². The fourth-order valence-corrected chi connectivity index (χ4v) is 2.86. The van der Waals surface area contributed by atoms with Crippen LogP contribution in [0.15, 0.2) is 12.1 Å². The van der Waals surface area contributed by atoms with Crippen LogP contribution in [0.4, 0.5) is 20.2 Å². The van der Waals surface area contributed by atoms with Crippen molar-refractivity contribution < 1.29 is 13.7 Å². The van der Waals surface area contributed by atoms with Gasteiger partial charge in [0.2, 0.25) is 0 Å². The molecule has 1 fully saturated rings. The lowest BCUT2D eigenvalue weighted by Crippen LogP contribution is -2.42. The number of hydrogen-bond donors (Lipinski definition) is 1. The first-order chi connectivity index (χ1) is 10.1. The van der Waals surface area contributed by atoms with E-state index >= 15 is 0 Å². The van der Waals surface area contributed by atoms with Crippen LogP contribution < -0.4 is 10.2 Å². The van der Waals surface area contributed by atoms with Crippen molar-refractivity contribution in [2.75, 3.05) is 25.0 Å². The highest BCUT2D eigenvalue weighted by Crippen LogP contribution is 2.37. The summed E-state index contributed by atoms with van der Waals surface area (Å²) in [4.78, 5) is 12.1. The van der Waals surface area contributed by atoms with E-state index in [1.54, 1.807) is 4.90 Å². The van der Waals surface area contributed by atoms with E-state index in [9.17, 15) is 18.9 Å². The Bertz CT molecular complexity index is 525. The van der Waals surface area contributed by atoms with E-state index in [1.165, 1.54) is 0 Å². The first-order valence-electron chi connectivity index (χ1n) is 7.10. The third-order valence-corrected chi connectivity index (χ3v) is 3.89. The van der Waals surface area contributed by atoms with Gasteiger partial charge in [0, 0.05) is 18.7 Å². The van der Waals surface area contributed by atoms with E-state index in [0.29, 0.717) is 6.54 Å². The highest BCUT2D eigenvalue weighted by molar-refractivity contribution is 5.65. The molecule has 1 unspecified atom stereocenters. The molecule has 1 aromatic carbocycles. The average molecular weight is 299 g/mol. The van der Waals surface area contributed by atoms with Gasteiger partial charge in [-0.05, 0) is 45.3 Å². The molecular formula is C14H19F2N3O2. The maximum atomic E-state index is 14.2. The van der Waals surface area contributed by atoms with Gasteiger partial charge in [0.25, 0.3) is 5.69 Å². The van der Waals surface area contributed by atoms with Gasteiger partial charge in [-0.3, -0.25) is 10.1 Å². The van der Waals surface area contributed by atoms with E-state index in [1.807, 2.05) is 7.05 Å². The number of nitrogens with one attached hydrogen (secondary N) is 1. The highest BCUT2D eigenvalue weighted by atomic mass is 19.2.